The van der Waals surface area contributed by atoms with Crippen LogP contribution in [0.4, 0.5) is 21.0 Å². The van der Waals surface area contributed by atoms with Crippen molar-refractivity contribution in [3.8, 4) is 80.1 Å². The lowest BCUT2D eigenvalue weighted by Gasteiger charge is -2.17. The number of hydrogen-bond donors (Lipinski definition) is 10. The first-order valence-electron chi connectivity index (χ1n) is 32.1. The van der Waals surface area contributed by atoms with Crippen LogP contribution in [0.3, 0.4) is 0 Å². The van der Waals surface area contributed by atoms with Crippen molar-refractivity contribution in [2.45, 2.75) is 147 Å². The standard InChI is InChI=1S/C25H17NO5S.C23H17NO5S.C14H20N2O2S.C12H20N2O2S.CH4/c1-2-3-4-23(32)26-14-5-8-17(20(11-14)25(29)30)24-18-9-6-15(27)12-21(18)31-22-13-16(28)7-10-19(22)24;1-2-21(30)24-12-3-6-15(18(9-12)23(27)28)22-16-7-4-13(25)10-19(16)29-20-11-14(26)5-8-17(20)22;1-2-3-6-10(17)7-4-5-8-12-13-11(9-19-12)15-14(18)16-13;1-2-8(15)5-3-4-6-10-11-9(7-17-10)13-12(16)14-11;/h5-13,27H,4H2,1H3,(H,26,32)(H,29,30);3-11,25H,2H2,1H3,(H,24,30)(H,27,28);11-13H,4-9H2,1H3,(H2,15,16,18);9-11H,2-7H2,1H3,(H2,13,14,16);1H4/t;;11-,12-,13-;9-,10-,11-;/m..00./s1. The summed E-state index contributed by atoms with van der Waals surface area (Å²) in [5, 5.41) is 59.8. The third-order valence-corrected chi connectivity index (χ3v) is 20.5. The molecule has 0 aromatic heterocycles. The maximum atomic E-state index is 12.2. The molecule has 8 aliphatic rings. The molecular formula is C75H78N6O14S4. The lowest BCUT2D eigenvalue weighted by molar-refractivity contribution is -0.119. The van der Waals surface area contributed by atoms with E-state index in [0.717, 1.165) is 50.0 Å². The molecule has 6 aliphatic heterocycles. The van der Waals surface area contributed by atoms with E-state index in [1.54, 1.807) is 62.4 Å². The van der Waals surface area contributed by atoms with Crippen LogP contribution >= 0.6 is 48.0 Å². The summed E-state index contributed by atoms with van der Waals surface area (Å²) in [6, 6.07) is 29.0. The maximum Gasteiger partial charge on any atom is 0.336 e. The van der Waals surface area contributed by atoms with Crippen LogP contribution in [-0.2, 0) is 9.59 Å². The predicted molar refractivity (Wildman–Crippen MR) is 400 cm³/mol. The molecule has 4 aromatic carbocycles. The average molecular weight is 1420 g/mol. The van der Waals surface area contributed by atoms with Gasteiger partial charge in [-0.2, -0.15) is 23.5 Å². The van der Waals surface area contributed by atoms with E-state index in [9.17, 15) is 58.8 Å². The molecule has 12 rings (SSSR count). The van der Waals surface area contributed by atoms with Crippen molar-refractivity contribution in [3.63, 3.8) is 0 Å². The number of nitrogens with one attached hydrogen (secondary N) is 6. The van der Waals surface area contributed by atoms with E-state index in [4.69, 9.17) is 33.3 Å². The number of thioether (sulfide) groups is 2. The summed E-state index contributed by atoms with van der Waals surface area (Å²) in [6.45, 7) is 7.30. The number of amides is 4. The number of hydrogen-bond acceptors (Lipinski definition) is 16. The van der Waals surface area contributed by atoms with Crippen molar-refractivity contribution < 1.29 is 58.0 Å². The second-order valence-corrected chi connectivity index (χ2v) is 27.1. The van der Waals surface area contributed by atoms with E-state index in [-0.39, 0.29) is 64.8 Å². The first-order valence-corrected chi connectivity index (χ1v) is 35.0. The van der Waals surface area contributed by atoms with Crippen LogP contribution in [-0.4, -0.2) is 112 Å². The zero-order valence-corrected chi connectivity index (χ0v) is 57.5. The fourth-order valence-corrected chi connectivity index (χ4v) is 15.4. The first-order chi connectivity index (χ1) is 47.1. The smallest absolute Gasteiger partial charge is 0.336 e. The predicted octanol–water partition coefficient (Wildman–Crippen LogP) is 14.3. The quantitative estimate of drug-likeness (QED) is 0.0111. The van der Waals surface area contributed by atoms with Crippen molar-refractivity contribution in [3.05, 3.63) is 141 Å². The van der Waals surface area contributed by atoms with Crippen molar-refractivity contribution >= 4 is 127 Å². The third kappa shape index (κ3) is 19.4. The number of carboxylic acids is 2. The molecule has 0 radical (unpaired) electrons. The summed E-state index contributed by atoms with van der Waals surface area (Å²) in [4.78, 5) is 94.2. The summed E-state index contributed by atoms with van der Waals surface area (Å²) >= 11 is 14.3. The Balaban J connectivity index is 0.000000173. The Bertz CT molecular complexity index is 4570. The first kappa shape index (κ1) is 75.1. The summed E-state index contributed by atoms with van der Waals surface area (Å²) in [6.07, 6.45) is 9.61. The SMILES string of the molecule is C.CC#CCC(=O)CCCC[C@@H]1SC[C@@H]2NC(=O)N[C@@H]21.CC#CCC(=S)Nc1ccc(-c2c3ccc(=O)cc-3oc3cc(O)ccc23)c(C(=O)O)c1.CCC(=O)CCCC[C@@H]1SC[C@@H]2NC(=O)N[C@@H]21.CCC(=S)Nc1ccc(-c2c3ccc(=O)cc-3oc3cc(O)ccc23)c(C(=O)O)c1. The van der Waals surface area contributed by atoms with Gasteiger partial charge in [0.1, 0.15) is 45.8 Å². The van der Waals surface area contributed by atoms with Crippen molar-refractivity contribution in [1.29, 1.82) is 0 Å². The third-order valence-electron chi connectivity index (χ3n) is 16.8. The largest absolute Gasteiger partial charge is 0.508 e. The summed E-state index contributed by atoms with van der Waals surface area (Å²) < 4.78 is 11.7. The molecule has 6 atom stereocenters. The van der Waals surface area contributed by atoms with Crippen LogP contribution in [0.15, 0.2) is 128 Å². The van der Waals surface area contributed by atoms with E-state index < -0.39 is 11.9 Å². The second kappa shape index (κ2) is 35.2. The minimum absolute atomic E-state index is 0. The number of ketones is 2. The molecule has 0 saturated carbocycles. The molecule has 4 fully saturated rings. The fourth-order valence-electron chi connectivity index (χ4n) is 12.0. The van der Waals surface area contributed by atoms with Gasteiger partial charge in [0.2, 0.25) is 0 Å². The molecular weight excluding hydrogens is 1340 g/mol. The topological polar surface area (TPSA) is 316 Å². The molecule has 4 aromatic rings. The van der Waals surface area contributed by atoms with Gasteiger partial charge in [-0.1, -0.05) is 82.5 Å². The Hall–Kier alpha value is -9.72. The van der Waals surface area contributed by atoms with Crippen LogP contribution in [0, 0.1) is 23.7 Å². The maximum absolute atomic E-state index is 12.2. The number of thiocarbonyl (C=S) groups is 2. The summed E-state index contributed by atoms with van der Waals surface area (Å²) in [7, 11) is 0. The van der Waals surface area contributed by atoms with Crippen LogP contribution in [0.25, 0.3) is 66.8 Å². The van der Waals surface area contributed by atoms with Crippen LogP contribution in [0.2, 0.25) is 0 Å². The van der Waals surface area contributed by atoms with Crippen LogP contribution in [0.5, 0.6) is 11.5 Å². The fraction of sp³-hybridized carbons (Fsp3) is 0.333. The summed E-state index contributed by atoms with van der Waals surface area (Å²) in [5.41, 5.74) is 4.71. The highest BCUT2D eigenvalue weighted by atomic mass is 32.2. The molecule has 0 unspecified atom stereocenters. The number of carbonyl (C=O) groups is 6. The Morgan fingerprint density at radius 1 is 0.535 bits per heavy atom. The van der Waals surface area contributed by atoms with Gasteiger partial charge in [-0.15, -0.1) is 11.8 Å². The van der Waals surface area contributed by atoms with Gasteiger partial charge in [0, 0.05) is 110 Å². The molecule has 4 amide bonds. The Kier molecular flexibility index (Phi) is 26.7. The number of carboxylic acid groups (broad SMARTS) is 2. The number of fused-ring (bicyclic) bond motifs is 6. The van der Waals surface area contributed by atoms with E-state index >= 15 is 0 Å². The van der Waals surface area contributed by atoms with Crippen molar-refractivity contribution in [2.75, 3.05) is 22.1 Å². The van der Waals surface area contributed by atoms with Gasteiger partial charge in [0.15, 0.2) is 10.9 Å². The van der Waals surface area contributed by atoms with Gasteiger partial charge in [0.25, 0.3) is 0 Å². The molecule has 516 valence electrons. The molecule has 10 N–H and O–H groups in total. The monoisotopic (exact) mass is 1410 g/mol. The number of carbonyl (C=O) groups excluding carboxylic acids is 4. The van der Waals surface area contributed by atoms with Gasteiger partial charge in [-0.25, -0.2) is 19.2 Å². The number of phenols is 2. The molecule has 20 nitrogen and oxygen atoms in total. The minimum Gasteiger partial charge on any atom is -0.508 e. The number of urea groups is 2. The van der Waals surface area contributed by atoms with Crippen LogP contribution < -0.4 is 42.8 Å². The number of unbranched alkanes of at least 4 members (excludes halogenated alkanes) is 2. The van der Waals surface area contributed by atoms with E-state index in [2.05, 4.69) is 55.6 Å². The number of anilines is 2. The Morgan fingerprint density at radius 3 is 1.40 bits per heavy atom. The van der Waals surface area contributed by atoms with Crippen LogP contribution in [0.1, 0.15) is 133 Å². The van der Waals surface area contributed by atoms with Gasteiger partial charge < -0.3 is 61.2 Å². The van der Waals surface area contributed by atoms with E-state index in [0.29, 0.717) is 161 Å². The zero-order valence-electron chi connectivity index (χ0n) is 54.3. The lowest BCUT2D eigenvalue weighted by Crippen LogP contribution is -2.36. The number of aromatic hydroxyl groups is 2. The van der Waals surface area contributed by atoms with E-state index in [1.807, 2.05) is 37.4 Å². The molecule has 4 saturated heterocycles. The second-order valence-electron chi connectivity index (χ2n) is 23.6. The molecule has 24 heteroatoms. The molecule has 6 heterocycles. The number of aromatic carboxylic acids is 2. The minimum atomic E-state index is -1.12. The highest BCUT2D eigenvalue weighted by Gasteiger charge is 2.43. The molecule has 0 spiro atoms. The lowest BCUT2D eigenvalue weighted by atomic mass is 9.90. The molecule has 99 heavy (non-hydrogen) atoms. The van der Waals surface area contributed by atoms with Gasteiger partial charge in [-0.3, -0.25) is 19.2 Å². The van der Waals surface area contributed by atoms with Crippen molar-refractivity contribution in [1.82, 2.24) is 21.3 Å². The highest BCUT2D eigenvalue weighted by molar-refractivity contribution is 8.00. The summed E-state index contributed by atoms with van der Waals surface area (Å²) in [5.74, 6) is 12.2. The Morgan fingerprint density at radius 2 is 0.970 bits per heavy atom. The Labute approximate surface area is 592 Å². The van der Waals surface area contributed by atoms with Crippen molar-refractivity contribution in [2.24, 2.45) is 0 Å². The molecule has 0 bridgehead atoms. The van der Waals surface area contributed by atoms with Gasteiger partial charge in [-0.05, 0) is 130 Å². The number of Topliss-reactive ketones (excluding diaryl/α,β-unsaturated/α-hetero) is 2. The van der Waals surface area contributed by atoms with Gasteiger partial charge >= 0.3 is 24.0 Å². The number of phenolic OH excluding ortho intramolecular Hbond substituents is 2. The zero-order chi connectivity index (χ0) is 70.2. The normalized spacial score (nSPS) is 17.4. The van der Waals surface area contributed by atoms with E-state index in [1.165, 1.54) is 60.7 Å². The molecule has 2 aliphatic carbocycles. The number of rotatable bonds is 20. The number of benzene rings is 6. The van der Waals surface area contributed by atoms with Gasteiger partial charge in [0.05, 0.1) is 58.1 Å². The average Bonchev–Trinajstić information content (AvgIpc) is 1.24. The highest BCUT2D eigenvalue weighted by Crippen LogP contribution is 2.45.